The van der Waals surface area contributed by atoms with Gasteiger partial charge in [-0.15, -0.1) is 0 Å². The first-order valence-electron chi connectivity index (χ1n) is 9.05. The molecule has 2 heterocycles. The molecular formula is C20H23FN2O3. The van der Waals surface area contributed by atoms with Crippen LogP contribution >= 0.6 is 0 Å². The number of phenolic OH excluding ortho intramolecular Hbond substituents is 1. The predicted octanol–water partition coefficient (Wildman–Crippen LogP) is 2.75. The normalized spacial score (nSPS) is 26.6. The Bertz CT molecular complexity index is 741. The van der Waals surface area contributed by atoms with E-state index in [1.807, 2.05) is 0 Å². The Morgan fingerprint density at radius 2 is 1.85 bits per heavy atom. The number of hydrogen-bond acceptors (Lipinski definition) is 5. The summed E-state index contributed by atoms with van der Waals surface area (Å²) in [4.78, 5) is 5.91. The molecule has 1 saturated heterocycles. The van der Waals surface area contributed by atoms with Crippen molar-refractivity contribution < 1.29 is 19.3 Å². The first-order valence-corrected chi connectivity index (χ1v) is 9.05. The number of hydrogen-bond donors (Lipinski definition) is 2. The van der Waals surface area contributed by atoms with Crippen molar-refractivity contribution in [2.75, 3.05) is 19.6 Å². The summed E-state index contributed by atoms with van der Waals surface area (Å²) in [6.07, 6.45) is 2.71. The molecule has 5 nitrogen and oxygen atoms in total. The minimum Gasteiger partial charge on any atom is -0.508 e. The van der Waals surface area contributed by atoms with E-state index in [9.17, 15) is 14.6 Å². The quantitative estimate of drug-likeness (QED) is 0.805. The van der Waals surface area contributed by atoms with Crippen molar-refractivity contribution >= 4 is 0 Å². The lowest BCUT2D eigenvalue weighted by Crippen LogP contribution is -2.29. The maximum atomic E-state index is 13.6. The third-order valence-electron chi connectivity index (χ3n) is 5.51. The zero-order chi connectivity index (χ0) is 18.1. The predicted molar refractivity (Wildman–Crippen MR) is 94.3 cm³/mol. The van der Waals surface area contributed by atoms with Gasteiger partial charge < -0.3 is 14.9 Å². The Morgan fingerprint density at radius 3 is 2.50 bits per heavy atom. The topological polar surface area (TPSA) is 65.8 Å². The van der Waals surface area contributed by atoms with E-state index in [2.05, 4.69) is 9.88 Å². The summed E-state index contributed by atoms with van der Waals surface area (Å²) in [5.41, 5.74) is 0.813. The molecule has 2 aromatic rings. The van der Waals surface area contributed by atoms with E-state index < -0.39 is 12.1 Å². The number of fused-ring (bicyclic) bond motifs is 1. The first-order chi connectivity index (χ1) is 12.6. The minimum absolute atomic E-state index is 0.0351. The Kier molecular flexibility index (Phi) is 4.78. The summed E-state index contributed by atoms with van der Waals surface area (Å²) < 4.78 is 19.4. The van der Waals surface area contributed by atoms with Crippen molar-refractivity contribution in [2.24, 2.45) is 11.8 Å². The number of β-amino-alcohol motifs (C(OH)–C–C–N with tert-alkyl or cyclic N) is 1. The van der Waals surface area contributed by atoms with Crippen molar-refractivity contribution in [3.05, 3.63) is 54.1 Å². The SMILES string of the molecule is Oc1ccc(C(O)CN2C[C@H]3CC(Oc4cccnc4F)C[C@H]3C2)cc1. The summed E-state index contributed by atoms with van der Waals surface area (Å²) in [5, 5.41) is 19.8. The van der Waals surface area contributed by atoms with E-state index in [4.69, 9.17) is 4.74 Å². The molecule has 1 aliphatic heterocycles. The van der Waals surface area contributed by atoms with Gasteiger partial charge >= 0.3 is 0 Å². The van der Waals surface area contributed by atoms with Crippen molar-refractivity contribution in [2.45, 2.75) is 25.0 Å². The lowest BCUT2D eigenvalue weighted by molar-refractivity contribution is 0.115. The van der Waals surface area contributed by atoms with Crippen LogP contribution in [-0.4, -0.2) is 45.8 Å². The summed E-state index contributed by atoms with van der Waals surface area (Å²) in [6, 6.07) is 10.00. The number of benzene rings is 1. The molecule has 2 unspecified atom stereocenters. The van der Waals surface area contributed by atoms with Crippen molar-refractivity contribution in [1.82, 2.24) is 9.88 Å². The van der Waals surface area contributed by atoms with Gasteiger partial charge in [-0.1, -0.05) is 12.1 Å². The highest BCUT2D eigenvalue weighted by molar-refractivity contribution is 5.27. The number of ether oxygens (including phenoxy) is 1. The largest absolute Gasteiger partial charge is 0.508 e. The first kappa shape index (κ1) is 17.2. The zero-order valence-electron chi connectivity index (χ0n) is 14.5. The second kappa shape index (κ2) is 7.21. The van der Waals surface area contributed by atoms with E-state index in [1.54, 1.807) is 36.4 Å². The second-order valence-electron chi connectivity index (χ2n) is 7.35. The fourth-order valence-corrected chi connectivity index (χ4v) is 4.27. The molecule has 0 bridgehead atoms. The van der Waals surface area contributed by atoms with Gasteiger partial charge in [0.15, 0.2) is 5.75 Å². The average molecular weight is 358 g/mol. The van der Waals surface area contributed by atoms with Gasteiger partial charge in [0.05, 0.1) is 12.2 Å². The van der Waals surface area contributed by atoms with Crippen LogP contribution in [0, 0.1) is 17.8 Å². The van der Waals surface area contributed by atoms with Crippen molar-refractivity contribution in [3.63, 3.8) is 0 Å². The third-order valence-corrected chi connectivity index (χ3v) is 5.51. The maximum absolute atomic E-state index is 13.6. The number of aromatic hydroxyl groups is 1. The molecule has 1 saturated carbocycles. The smallest absolute Gasteiger partial charge is 0.255 e. The number of aliphatic hydroxyl groups is 1. The molecule has 4 rings (SSSR count). The summed E-state index contributed by atoms with van der Waals surface area (Å²) in [5.74, 6) is 0.923. The van der Waals surface area contributed by atoms with E-state index in [-0.39, 0.29) is 17.6 Å². The highest BCUT2D eigenvalue weighted by Gasteiger charge is 2.42. The lowest BCUT2D eigenvalue weighted by Gasteiger charge is -2.22. The third kappa shape index (κ3) is 3.66. The summed E-state index contributed by atoms with van der Waals surface area (Å²) >= 11 is 0. The van der Waals surface area contributed by atoms with Crippen molar-refractivity contribution in [1.29, 1.82) is 0 Å². The van der Waals surface area contributed by atoms with Gasteiger partial charge in [0.1, 0.15) is 5.75 Å². The second-order valence-corrected chi connectivity index (χ2v) is 7.35. The molecule has 26 heavy (non-hydrogen) atoms. The van der Waals surface area contributed by atoms with Crippen LogP contribution in [0.15, 0.2) is 42.6 Å². The Labute approximate surface area is 152 Å². The number of halogens is 1. The van der Waals surface area contributed by atoms with Crippen LogP contribution < -0.4 is 4.74 Å². The van der Waals surface area contributed by atoms with Crippen LogP contribution in [0.1, 0.15) is 24.5 Å². The monoisotopic (exact) mass is 358 g/mol. The van der Waals surface area contributed by atoms with Crippen LogP contribution in [0.25, 0.3) is 0 Å². The maximum Gasteiger partial charge on any atom is 0.255 e. The van der Waals surface area contributed by atoms with Gasteiger partial charge in [0.25, 0.3) is 5.95 Å². The molecule has 2 fully saturated rings. The molecule has 6 heteroatoms. The van der Waals surface area contributed by atoms with Crippen LogP contribution in [0.5, 0.6) is 11.5 Å². The molecular weight excluding hydrogens is 335 g/mol. The Balaban J connectivity index is 1.29. The number of aliphatic hydroxyl groups excluding tert-OH is 1. The molecule has 4 atom stereocenters. The van der Waals surface area contributed by atoms with Crippen LogP contribution in [0.2, 0.25) is 0 Å². The summed E-state index contributed by atoms with van der Waals surface area (Å²) in [7, 11) is 0. The van der Waals surface area contributed by atoms with Crippen LogP contribution in [-0.2, 0) is 0 Å². The summed E-state index contributed by atoms with van der Waals surface area (Å²) in [6.45, 7) is 2.44. The zero-order valence-corrected chi connectivity index (χ0v) is 14.5. The van der Waals surface area contributed by atoms with Crippen LogP contribution in [0.3, 0.4) is 0 Å². The van der Waals surface area contributed by atoms with E-state index in [0.29, 0.717) is 18.4 Å². The molecule has 2 aliphatic rings. The van der Waals surface area contributed by atoms with Crippen LogP contribution in [0.4, 0.5) is 4.39 Å². The van der Waals surface area contributed by atoms with E-state index in [0.717, 1.165) is 31.5 Å². The minimum atomic E-state index is -0.564. The standard InChI is InChI=1S/C20H23FN2O3/c21-20-19(2-1-7-22-20)26-17-8-14-10-23(11-15(14)9-17)12-18(25)13-3-5-16(24)6-4-13/h1-7,14-15,17-18,24-25H,8-12H2/t14-,15+,17?,18?. The number of nitrogens with zero attached hydrogens (tertiary/aromatic N) is 2. The average Bonchev–Trinajstić information content (AvgIpc) is 3.15. The number of likely N-dealkylation sites (tertiary alicyclic amines) is 1. The Morgan fingerprint density at radius 1 is 1.15 bits per heavy atom. The van der Waals surface area contributed by atoms with Gasteiger partial charge in [-0.05, 0) is 54.5 Å². The van der Waals surface area contributed by atoms with Gasteiger partial charge in [-0.25, -0.2) is 4.98 Å². The van der Waals surface area contributed by atoms with Gasteiger partial charge in [0, 0.05) is 25.8 Å². The molecule has 0 amide bonds. The van der Waals surface area contributed by atoms with Gasteiger partial charge in [-0.2, -0.15) is 4.39 Å². The Hall–Kier alpha value is -2.18. The number of phenols is 1. The van der Waals surface area contributed by atoms with Crippen molar-refractivity contribution in [3.8, 4) is 11.5 Å². The highest BCUT2D eigenvalue weighted by atomic mass is 19.1. The molecule has 0 radical (unpaired) electrons. The fourth-order valence-electron chi connectivity index (χ4n) is 4.27. The van der Waals surface area contributed by atoms with Gasteiger partial charge in [-0.3, -0.25) is 4.90 Å². The number of rotatable bonds is 5. The van der Waals surface area contributed by atoms with E-state index in [1.165, 1.54) is 6.20 Å². The fraction of sp³-hybridized carbons (Fsp3) is 0.450. The molecule has 1 aromatic heterocycles. The molecule has 1 aromatic carbocycles. The highest BCUT2D eigenvalue weighted by Crippen LogP contribution is 2.40. The molecule has 0 spiro atoms. The lowest BCUT2D eigenvalue weighted by atomic mass is 10.0. The number of pyridine rings is 1. The molecule has 1 aliphatic carbocycles. The van der Waals surface area contributed by atoms with Gasteiger partial charge in [0.2, 0.25) is 0 Å². The molecule has 2 N–H and O–H groups in total. The van der Waals surface area contributed by atoms with E-state index >= 15 is 0 Å². The molecule has 138 valence electrons. The number of aromatic nitrogens is 1.